The normalized spacial score (nSPS) is 25.2. The summed E-state index contributed by atoms with van der Waals surface area (Å²) < 4.78 is 12.4. The third kappa shape index (κ3) is 6.16. The Balaban J connectivity index is 1.71. The van der Waals surface area contributed by atoms with Crippen molar-refractivity contribution in [2.75, 3.05) is 19.7 Å². The van der Waals surface area contributed by atoms with Crippen molar-refractivity contribution in [1.29, 1.82) is 0 Å². The molecule has 2 aromatic rings. The Kier molecular flexibility index (Phi) is 7.14. The summed E-state index contributed by atoms with van der Waals surface area (Å²) >= 11 is 0. The maximum Gasteiger partial charge on any atom is 0.408 e. The van der Waals surface area contributed by atoms with E-state index < -0.39 is 12.2 Å². The van der Waals surface area contributed by atoms with Gasteiger partial charge in [-0.15, -0.1) is 6.58 Å². The highest BCUT2D eigenvalue weighted by Crippen LogP contribution is 2.43. The second kappa shape index (κ2) is 9.81. The number of pyridine rings is 1. The van der Waals surface area contributed by atoms with Gasteiger partial charge in [0.1, 0.15) is 11.9 Å². The zero-order valence-corrected chi connectivity index (χ0v) is 22.1. The summed E-state index contributed by atoms with van der Waals surface area (Å²) in [5.74, 6) is 1.87. The highest BCUT2D eigenvalue weighted by Gasteiger charge is 2.44. The van der Waals surface area contributed by atoms with Gasteiger partial charge in [-0.05, 0) is 81.7 Å². The fraction of sp³-hybridized carbons (Fsp3) is 0.586. The van der Waals surface area contributed by atoms with E-state index in [1.54, 1.807) is 0 Å². The molecule has 35 heavy (non-hydrogen) atoms. The number of amides is 1. The first-order valence-electron chi connectivity index (χ1n) is 12.8. The highest BCUT2D eigenvalue weighted by atomic mass is 16.6. The number of hydrogen-bond donors (Lipinski definition) is 1. The molecule has 0 aliphatic carbocycles. The third-order valence-corrected chi connectivity index (χ3v) is 6.94. The average molecular weight is 480 g/mol. The molecule has 0 radical (unpaired) electrons. The molecule has 5 rings (SSSR count). The van der Waals surface area contributed by atoms with Crippen molar-refractivity contribution >= 4 is 17.0 Å². The average Bonchev–Trinajstić information content (AvgIpc) is 2.79. The molecule has 0 spiro atoms. The van der Waals surface area contributed by atoms with Crippen LogP contribution in [0.25, 0.3) is 10.9 Å². The van der Waals surface area contributed by atoms with Crippen molar-refractivity contribution in [2.45, 2.75) is 72.1 Å². The number of nitrogens with one attached hydrogen (secondary N) is 1. The van der Waals surface area contributed by atoms with Crippen molar-refractivity contribution < 1.29 is 14.3 Å². The van der Waals surface area contributed by atoms with Gasteiger partial charge in [0, 0.05) is 29.2 Å². The summed E-state index contributed by atoms with van der Waals surface area (Å²) in [7, 11) is 0. The van der Waals surface area contributed by atoms with E-state index in [2.05, 4.69) is 48.6 Å². The number of ether oxygens (including phenoxy) is 2. The van der Waals surface area contributed by atoms with Crippen LogP contribution >= 0.6 is 0 Å². The van der Waals surface area contributed by atoms with Gasteiger partial charge in [0.15, 0.2) is 0 Å². The van der Waals surface area contributed by atoms with Crippen LogP contribution in [-0.2, 0) is 4.74 Å². The van der Waals surface area contributed by atoms with Gasteiger partial charge in [-0.3, -0.25) is 9.88 Å². The number of carbonyl (C=O) groups is 1. The second-order valence-corrected chi connectivity index (χ2v) is 12.4. The molecule has 1 aromatic carbocycles. The molecule has 1 amide bonds. The van der Waals surface area contributed by atoms with Gasteiger partial charge in [0.05, 0.1) is 18.2 Å². The molecule has 6 heteroatoms. The number of alkyl carbamates (subject to hydrolysis) is 1. The van der Waals surface area contributed by atoms with Gasteiger partial charge in [-0.25, -0.2) is 4.79 Å². The molecule has 3 fully saturated rings. The Morgan fingerprint density at radius 3 is 2.66 bits per heavy atom. The van der Waals surface area contributed by atoms with E-state index in [1.807, 2.05) is 51.2 Å². The fourth-order valence-electron chi connectivity index (χ4n) is 5.28. The predicted octanol–water partition coefficient (Wildman–Crippen LogP) is 6.12. The van der Waals surface area contributed by atoms with Gasteiger partial charge in [0.25, 0.3) is 0 Å². The van der Waals surface area contributed by atoms with Crippen molar-refractivity contribution in [3.63, 3.8) is 0 Å². The number of nitrogens with zero attached hydrogens (tertiary/aromatic N) is 2. The van der Waals surface area contributed by atoms with E-state index in [0.717, 1.165) is 48.1 Å². The number of aromatic nitrogens is 1. The SMILES string of the molecule is C=C[C@H]1CN2CC[C@H]1C[C@H]2[C@H](OC(=O)NC(C)(C)C)c1ccnc2ccc(OCC(C)(C)C)cc12. The first kappa shape index (κ1) is 25.5. The number of carbonyl (C=O) groups excluding carboxylic acids is 1. The Bertz CT molecular complexity index is 1070. The van der Waals surface area contributed by atoms with Crippen LogP contribution in [0.2, 0.25) is 0 Å². The van der Waals surface area contributed by atoms with Gasteiger partial charge >= 0.3 is 6.09 Å². The van der Waals surface area contributed by atoms with Crippen molar-refractivity contribution in [1.82, 2.24) is 15.2 Å². The minimum Gasteiger partial charge on any atom is -0.493 e. The summed E-state index contributed by atoms with van der Waals surface area (Å²) in [6.45, 7) is 19.0. The monoisotopic (exact) mass is 479 g/mol. The predicted molar refractivity (Wildman–Crippen MR) is 141 cm³/mol. The molecular formula is C29H41N3O3. The topological polar surface area (TPSA) is 63.7 Å². The minimum absolute atomic E-state index is 0.0553. The lowest BCUT2D eigenvalue weighted by Crippen LogP contribution is -2.56. The Labute approximate surface area is 210 Å². The van der Waals surface area contributed by atoms with E-state index in [4.69, 9.17) is 9.47 Å². The standard InChI is InChI=1S/C29H41N3O3/c1-8-19-17-32-14-12-20(19)15-25(32)26(35-27(33)31-29(5,6)7)22-11-13-30-24-10-9-21(16-23(22)24)34-18-28(2,3)4/h8-11,13,16,19-20,25-26H,1,12,14-15,17-18H2,2-7H3,(H,31,33)/t19-,20-,25-,26+/m0/s1. The first-order valence-corrected chi connectivity index (χ1v) is 12.8. The quantitative estimate of drug-likeness (QED) is 0.506. The number of benzene rings is 1. The van der Waals surface area contributed by atoms with Crippen molar-refractivity contribution in [2.24, 2.45) is 17.3 Å². The molecule has 3 saturated heterocycles. The van der Waals surface area contributed by atoms with Crippen molar-refractivity contribution in [3.05, 3.63) is 48.7 Å². The molecule has 3 aliphatic rings. The van der Waals surface area contributed by atoms with Gasteiger partial charge in [0.2, 0.25) is 0 Å². The Hall–Kier alpha value is -2.60. The number of fused-ring (bicyclic) bond motifs is 4. The van der Waals surface area contributed by atoms with E-state index in [-0.39, 0.29) is 17.0 Å². The van der Waals surface area contributed by atoms with E-state index >= 15 is 0 Å². The van der Waals surface area contributed by atoms with Gasteiger partial charge < -0.3 is 14.8 Å². The lowest BCUT2D eigenvalue weighted by atomic mass is 9.73. The summed E-state index contributed by atoms with van der Waals surface area (Å²) in [6, 6.07) is 8.11. The molecule has 1 N–H and O–H groups in total. The number of rotatable bonds is 6. The van der Waals surface area contributed by atoms with Gasteiger partial charge in [-0.2, -0.15) is 0 Å². The van der Waals surface area contributed by atoms with E-state index in [0.29, 0.717) is 18.4 Å². The summed E-state index contributed by atoms with van der Waals surface area (Å²) in [4.78, 5) is 20.1. The van der Waals surface area contributed by atoms with Gasteiger partial charge in [-0.1, -0.05) is 26.8 Å². The summed E-state index contributed by atoms with van der Waals surface area (Å²) in [5, 5.41) is 3.95. The molecule has 5 atom stereocenters. The van der Waals surface area contributed by atoms with E-state index in [9.17, 15) is 4.79 Å². The maximum absolute atomic E-state index is 13.0. The molecule has 0 saturated carbocycles. The van der Waals surface area contributed by atoms with Crippen LogP contribution < -0.4 is 10.1 Å². The molecule has 1 unspecified atom stereocenters. The minimum atomic E-state index is -0.408. The lowest BCUT2D eigenvalue weighted by Gasteiger charge is -2.51. The van der Waals surface area contributed by atoms with Crippen LogP contribution in [0.15, 0.2) is 43.1 Å². The number of hydrogen-bond acceptors (Lipinski definition) is 5. The van der Waals surface area contributed by atoms with Crippen LogP contribution in [0.4, 0.5) is 4.79 Å². The molecule has 3 aliphatic heterocycles. The number of piperidine rings is 3. The molecule has 4 heterocycles. The Morgan fingerprint density at radius 1 is 1.26 bits per heavy atom. The summed E-state index contributed by atoms with van der Waals surface area (Å²) in [5.41, 5.74) is 1.53. The first-order chi connectivity index (χ1) is 16.4. The molecule has 2 bridgehead atoms. The smallest absolute Gasteiger partial charge is 0.408 e. The van der Waals surface area contributed by atoms with Crippen LogP contribution in [-0.4, -0.2) is 47.3 Å². The zero-order valence-electron chi connectivity index (χ0n) is 22.1. The van der Waals surface area contributed by atoms with Crippen LogP contribution in [0, 0.1) is 17.3 Å². The van der Waals surface area contributed by atoms with Crippen LogP contribution in [0.1, 0.15) is 66.1 Å². The third-order valence-electron chi connectivity index (χ3n) is 6.94. The highest BCUT2D eigenvalue weighted by molar-refractivity contribution is 5.84. The Morgan fingerprint density at radius 2 is 2.03 bits per heavy atom. The summed E-state index contributed by atoms with van der Waals surface area (Å²) in [6.07, 6.45) is 5.25. The van der Waals surface area contributed by atoms with Crippen LogP contribution in [0.5, 0.6) is 5.75 Å². The largest absolute Gasteiger partial charge is 0.493 e. The second-order valence-electron chi connectivity index (χ2n) is 12.4. The molecular weight excluding hydrogens is 438 g/mol. The van der Waals surface area contributed by atoms with Crippen LogP contribution in [0.3, 0.4) is 0 Å². The van der Waals surface area contributed by atoms with E-state index in [1.165, 1.54) is 0 Å². The molecule has 190 valence electrons. The lowest BCUT2D eigenvalue weighted by molar-refractivity contribution is -0.0506. The molecule has 6 nitrogen and oxygen atoms in total. The molecule has 1 aromatic heterocycles. The zero-order chi connectivity index (χ0) is 25.4. The maximum atomic E-state index is 13.0. The fourth-order valence-corrected chi connectivity index (χ4v) is 5.28. The van der Waals surface area contributed by atoms with Crippen molar-refractivity contribution in [3.8, 4) is 5.75 Å².